The van der Waals surface area contributed by atoms with Gasteiger partial charge in [-0.3, -0.25) is 9.25 Å². The van der Waals surface area contributed by atoms with E-state index in [0.717, 1.165) is 5.52 Å². The first kappa shape index (κ1) is 10.6. The molecule has 6 nitrogen and oxygen atoms in total. The van der Waals surface area contributed by atoms with Crippen molar-refractivity contribution in [3.8, 4) is 0 Å². The van der Waals surface area contributed by atoms with Gasteiger partial charge >= 0.3 is 5.76 Å². The van der Waals surface area contributed by atoms with E-state index in [1.54, 1.807) is 27.6 Å². The van der Waals surface area contributed by atoms with Gasteiger partial charge in [-0.25, -0.2) is 4.79 Å². The third-order valence-electron chi connectivity index (χ3n) is 2.79. The van der Waals surface area contributed by atoms with Gasteiger partial charge in [0, 0.05) is 12.7 Å². The number of rotatable bonds is 3. The van der Waals surface area contributed by atoms with Gasteiger partial charge < -0.3 is 10.2 Å². The molecule has 0 spiro atoms. The molecule has 0 aliphatic heterocycles. The van der Waals surface area contributed by atoms with E-state index in [0.29, 0.717) is 24.5 Å². The molecule has 0 radical (unpaired) electrons. The minimum atomic E-state index is -0.351. The number of oxazole rings is 1. The van der Waals surface area contributed by atoms with Crippen molar-refractivity contribution in [3.63, 3.8) is 0 Å². The smallest absolute Gasteiger partial charge is 0.408 e. The second-order valence-electron chi connectivity index (χ2n) is 3.99. The van der Waals surface area contributed by atoms with E-state index >= 15 is 0 Å². The number of nitrogens with two attached hydrogens (primary N) is 1. The number of fused-ring (bicyclic) bond motifs is 1. The highest BCUT2D eigenvalue weighted by Crippen LogP contribution is 2.11. The van der Waals surface area contributed by atoms with Crippen LogP contribution < -0.4 is 11.5 Å². The summed E-state index contributed by atoms with van der Waals surface area (Å²) in [4.78, 5) is 11.7. The Labute approximate surface area is 102 Å². The van der Waals surface area contributed by atoms with Crippen molar-refractivity contribution < 1.29 is 4.42 Å². The molecule has 0 fully saturated rings. The second kappa shape index (κ2) is 4.06. The third-order valence-corrected chi connectivity index (χ3v) is 2.79. The highest BCUT2D eigenvalue weighted by Gasteiger charge is 2.08. The van der Waals surface area contributed by atoms with Crippen LogP contribution in [0.25, 0.3) is 11.1 Å². The van der Waals surface area contributed by atoms with Gasteiger partial charge in [0.25, 0.3) is 0 Å². The maximum atomic E-state index is 11.7. The highest BCUT2D eigenvalue weighted by atomic mass is 16.4. The molecular formula is C12H12N4O2. The van der Waals surface area contributed by atoms with Crippen molar-refractivity contribution in [3.05, 3.63) is 47.1 Å². The number of nitrogen functional groups attached to an aromatic ring is 1. The van der Waals surface area contributed by atoms with Crippen LogP contribution in [0.4, 0.5) is 5.82 Å². The average Bonchev–Trinajstić information content (AvgIpc) is 2.90. The van der Waals surface area contributed by atoms with Crippen LogP contribution in [-0.2, 0) is 13.1 Å². The first-order valence-electron chi connectivity index (χ1n) is 5.61. The number of nitrogens with zero attached hydrogens (tertiary/aromatic N) is 3. The predicted molar refractivity (Wildman–Crippen MR) is 67.1 cm³/mol. The van der Waals surface area contributed by atoms with Crippen molar-refractivity contribution in [2.24, 2.45) is 0 Å². The first-order valence-corrected chi connectivity index (χ1v) is 5.61. The van der Waals surface area contributed by atoms with E-state index < -0.39 is 0 Å². The van der Waals surface area contributed by atoms with Crippen LogP contribution in [-0.4, -0.2) is 14.3 Å². The van der Waals surface area contributed by atoms with E-state index in [1.165, 1.54) is 0 Å². The van der Waals surface area contributed by atoms with Crippen molar-refractivity contribution in [2.45, 2.75) is 13.1 Å². The van der Waals surface area contributed by atoms with E-state index in [-0.39, 0.29) is 5.76 Å². The zero-order valence-corrected chi connectivity index (χ0v) is 9.61. The molecule has 3 rings (SSSR count). The molecule has 6 heteroatoms. The molecular weight excluding hydrogens is 232 g/mol. The van der Waals surface area contributed by atoms with Crippen LogP contribution in [0.15, 0.2) is 45.7 Å². The molecule has 92 valence electrons. The molecule has 3 aromatic rings. The summed E-state index contributed by atoms with van der Waals surface area (Å²) >= 11 is 0. The fourth-order valence-electron chi connectivity index (χ4n) is 1.93. The standard InChI is InChI=1S/C12H12N4O2/c13-11-5-6-15(14-11)7-8-16-9-3-1-2-4-10(9)18-12(16)17/h1-6H,7-8H2,(H2,13,14). The Morgan fingerprint density at radius 2 is 2.06 bits per heavy atom. The Morgan fingerprint density at radius 3 is 2.83 bits per heavy atom. The van der Waals surface area contributed by atoms with E-state index in [2.05, 4.69) is 5.10 Å². The molecule has 0 amide bonds. The van der Waals surface area contributed by atoms with E-state index in [9.17, 15) is 4.79 Å². The highest BCUT2D eigenvalue weighted by molar-refractivity contribution is 5.72. The molecule has 0 unspecified atom stereocenters. The Morgan fingerprint density at radius 1 is 1.22 bits per heavy atom. The summed E-state index contributed by atoms with van der Waals surface area (Å²) in [7, 11) is 0. The van der Waals surface area contributed by atoms with Crippen molar-refractivity contribution in [1.82, 2.24) is 14.3 Å². The lowest BCUT2D eigenvalue weighted by atomic mass is 10.3. The maximum absolute atomic E-state index is 11.7. The zero-order valence-electron chi connectivity index (χ0n) is 9.61. The lowest BCUT2D eigenvalue weighted by Crippen LogP contribution is -2.18. The van der Waals surface area contributed by atoms with Crippen LogP contribution in [0, 0.1) is 0 Å². The Kier molecular flexibility index (Phi) is 2.40. The summed E-state index contributed by atoms with van der Waals surface area (Å²) in [5.41, 5.74) is 6.92. The van der Waals surface area contributed by atoms with Crippen molar-refractivity contribution in [2.75, 3.05) is 5.73 Å². The molecule has 18 heavy (non-hydrogen) atoms. The van der Waals surface area contributed by atoms with Crippen LogP contribution >= 0.6 is 0 Å². The molecule has 1 aromatic carbocycles. The number of aryl methyl sites for hydroxylation is 2. The number of hydrogen-bond donors (Lipinski definition) is 1. The summed E-state index contributed by atoms with van der Waals surface area (Å²) in [5.74, 6) is 0.121. The molecule has 0 saturated heterocycles. The van der Waals surface area contributed by atoms with Crippen LogP contribution in [0.1, 0.15) is 0 Å². The number of aromatic nitrogens is 3. The van der Waals surface area contributed by atoms with Crippen molar-refractivity contribution >= 4 is 16.9 Å². The van der Waals surface area contributed by atoms with Crippen LogP contribution in [0.5, 0.6) is 0 Å². The van der Waals surface area contributed by atoms with Crippen molar-refractivity contribution in [1.29, 1.82) is 0 Å². The number of hydrogen-bond acceptors (Lipinski definition) is 4. The fraction of sp³-hybridized carbons (Fsp3) is 0.167. The monoisotopic (exact) mass is 244 g/mol. The van der Waals surface area contributed by atoms with Gasteiger partial charge in [-0.05, 0) is 18.2 Å². The quantitative estimate of drug-likeness (QED) is 0.747. The van der Waals surface area contributed by atoms with Gasteiger partial charge in [0.05, 0.1) is 12.1 Å². The minimum absolute atomic E-state index is 0.351. The van der Waals surface area contributed by atoms with Gasteiger partial charge in [0.2, 0.25) is 0 Å². The summed E-state index contributed by atoms with van der Waals surface area (Å²) in [6.45, 7) is 1.07. The summed E-state index contributed by atoms with van der Waals surface area (Å²) in [6.07, 6.45) is 1.78. The molecule has 0 bridgehead atoms. The lowest BCUT2D eigenvalue weighted by molar-refractivity contribution is 0.471. The molecule has 0 atom stereocenters. The number of anilines is 1. The summed E-state index contributed by atoms with van der Waals surface area (Å²) in [5, 5.41) is 4.07. The normalized spacial score (nSPS) is 11.1. The Bertz CT molecular complexity index is 738. The predicted octanol–water partition coefficient (Wildman–Crippen LogP) is 1.07. The number of benzene rings is 1. The average molecular weight is 244 g/mol. The Hall–Kier alpha value is -2.50. The topological polar surface area (TPSA) is 79.0 Å². The zero-order chi connectivity index (χ0) is 12.5. The van der Waals surface area contributed by atoms with Gasteiger partial charge in [-0.15, -0.1) is 0 Å². The van der Waals surface area contributed by atoms with E-state index in [1.807, 2.05) is 18.2 Å². The lowest BCUT2D eigenvalue weighted by Gasteiger charge is -2.02. The van der Waals surface area contributed by atoms with Gasteiger partial charge in [-0.1, -0.05) is 12.1 Å². The van der Waals surface area contributed by atoms with E-state index in [4.69, 9.17) is 10.2 Å². The van der Waals surface area contributed by atoms with Crippen LogP contribution in [0.3, 0.4) is 0 Å². The molecule has 0 saturated carbocycles. The molecule has 2 N–H and O–H groups in total. The fourth-order valence-corrected chi connectivity index (χ4v) is 1.93. The summed E-state index contributed by atoms with van der Waals surface area (Å²) < 4.78 is 8.43. The molecule has 2 heterocycles. The van der Waals surface area contributed by atoms with Gasteiger partial charge in [0.1, 0.15) is 5.82 Å². The molecule has 0 aliphatic rings. The molecule has 0 aliphatic carbocycles. The Balaban J connectivity index is 1.90. The number of para-hydroxylation sites is 2. The SMILES string of the molecule is Nc1ccn(CCn2c(=O)oc3ccccc32)n1. The maximum Gasteiger partial charge on any atom is 0.420 e. The molecule has 2 aromatic heterocycles. The summed E-state index contributed by atoms with van der Waals surface area (Å²) in [6, 6.07) is 9.07. The largest absolute Gasteiger partial charge is 0.420 e. The van der Waals surface area contributed by atoms with Crippen LogP contribution in [0.2, 0.25) is 0 Å². The minimum Gasteiger partial charge on any atom is -0.408 e. The first-order chi connectivity index (χ1) is 8.74. The van der Waals surface area contributed by atoms with Gasteiger partial charge in [-0.2, -0.15) is 5.10 Å². The third kappa shape index (κ3) is 1.77. The second-order valence-corrected chi connectivity index (χ2v) is 3.99. The van der Waals surface area contributed by atoms with Gasteiger partial charge in [0.15, 0.2) is 5.58 Å².